The van der Waals surface area contributed by atoms with E-state index in [1.807, 2.05) is 0 Å². The van der Waals surface area contributed by atoms with Crippen molar-refractivity contribution in [1.82, 2.24) is 20.3 Å². The van der Waals surface area contributed by atoms with Crippen LogP contribution < -0.4 is 5.32 Å². The molecule has 0 atom stereocenters. The molecule has 0 saturated carbocycles. The first-order chi connectivity index (χ1) is 9.66. The molecule has 20 heavy (non-hydrogen) atoms. The van der Waals surface area contributed by atoms with Crippen molar-refractivity contribution in [2.24, 2.45) is 0 Å². The summed E-state index contributed by atoms with van der Waals surface area (Å²) in [6, 6.07) is 4.32. The monoisotopic (exact) mass is 274 g/mol. The first-order valence-electron chi connectivity index (χ1n) is 6.13. The summed E-state index contributed by atoms with van der Waals surface area (Å²) in [5.74, 6) is -0.671. The molecule has 0 aliphatic carbocycles. The number of carboxylic acid groups (broad SMARTS) is 1. The lowest BCUT2D eigenvalue weighted by molar-refractivity contribution is 0.0690. The van der Waals surface area contributed by atoms with Crippen molar-refractivity contribution >= 4 is 11.9 Å². The lowest BCUT2D eigenvalue weighted by Crippen LogP contribution is -2.26. The molecule has 7 nitrogen and oxygen atoms in total. The molecule has 104 valence electrons. The fourth-order valence-corrected chi connectivity index (χ4v) is 1.66. The van der Waals surface area contributed by atoms with E-state index in [-0.39, 0.29) is 17.3 Å². The van der Waals surface area contributed by atoms with Crippen LogP contribution in [0.3, 0.4) is 0 Å². The number of nitrogens with one attached hydrogen (secondary N) is 2. The molecule has 0 unspecified atom stereocenters. The minimum atomic E-state index is -1.16. The number of nitrogens with zero attached hydrogens (tertiary/aromatic N) is 2. The molecule has 0 spiro atoms. The van der Waals surface area contributed by atoms with Crippen molar-refractivity contribution in [1.29, 1.82) is 0 Å². The second-order valence-electron chi connectivity index (χ2n) is 4.11. The van der Waals surface area contributed by atoms with Gasteiger partial charge >= 0.3 is 5.97 Å². The Labute approximate surface area is 115 Å². The number of carbonyl (C=O) groups is 2. The van der Waals surface area contributed by atoms with E-state index in [9.17, 15) is 9.59 Å². The van der Waals surface area contributed by atoms with E-state index in [1.54, 1.807) is 12.4 Å². The summed E-state index contributed by atoms with van der Waals surface area (Å²) >= 11 is 0. The first kappa shape index (κ1) is 13.7. The molecule has 2 aromatic heterocycles. The highest BCUT2D eigenvalue weighted by Crippen LogP contribution is 2.00. The molecule has 0 aromatic carbocycles. The van der Waals surface area contributed by atoms with Crippen LogP contribution in [-0.4, -0.2) is 38.5 Å². The molecule has 0 bridgehead atoms. The molecule has 0 fully saturated rings. The normalized spacial score (nSPS) is 10.2. The Kier molecular flexibility index (Phi) is 4.43. The van der Waals surface area contributed by atoms with Gasteiger partial charge in [0.2, 0.25) is 0 Å². The van der Waals surface area contributed by atoms with Crippen molar-refractivity contribution < 1.29 is 14.7 Å². The summed E-state index contributed by atoms with van der Waals surface area (Å²) in [5.41, 5.74) is -0.0452. The van der Waals surface area contributed by atoms with E-state index in [0.29, 0.717) is 6.54 Å². The largest absolute Gasteiger partial charge is 0.477 e. The maximum absolute atomic E-state index is 11.8. The van der Waals surface area contributed by atoms with Crippen molar-refractivity contribution in [3.63, 3.8) is 0 Å². The van der Waals surface area contributed by atoms with Crippen LogP contribution in [0.15, 0.2) is 30.6 Å². The van der Waals surface area contributed by atoms with Gasteiger partial charge in [0.05, 0.1) is 0 Å². The van der Waals surface area contributed by atoms with Crippen molar-refractivity contribution in [2.45, 2.75) is 12.8 Å². The molecular formula is C13H14N4O3. The highest BCUT2D eigenvalue weighted by atomic mass is 16.4. The number of imidazole rings is 1. The number of carbonyl (C=O) groups excluding carboxylic acids is 1. The predicted octanol–water partition coefficient (Wildman–Crippen LogP) is 0.865. The van der Waals surface area contributed by atoms with Crippen LogP contribution in [-0.2, 0) is 6.42 Å². The average molecular weight is 274 g/mol. The molecule has 7 heteroatoms. The molecule has 3 N–H and O–H groups in total. The van der Waals surface area contributed by atoms with E-state index < -0.39 is 5.97 Å². The summed E-state index contributed by atoms with van der Waals surface area (Å²) in [4.78, 5) is 33.4. The lowest BCUT2D eigenvalue weighted by Gasteiger charge is -2.04. The zero-order valence-corrected chi connectivity index (χ0v) is 10.7. The number of amides is 1. The Bertz CT molecular complexity index is 595. The van der Waals surface area contributed by atoms with Gasteiger partial charge in [0.15, 0.2) is 0 Å². The summed E-state index contributed by atoms with van der Waals surface area (Å²) in [7, 11) is 0. The number of aryl methyl sites for hydroxylation is 1. The molecular weight excluding hydrogens is 260 g/mol. The standard InChI is InChI=1S/C13H14N4O3/c18-12(9-3-1-4-10(17-9)13(19)20)16-6-2-5-11-14-7-8-15-11/h1,3-4,7-8H,2,5-6H2,(H,14,15)(H,16,18)(H,19,20). The van der Waals surface area contributed by atoms with Gasteiger partial charge in [-0.05, 0) is 18.6 Å². The topological polar surface area (TPSA) is 108 Å². The third-order valence-electron chi connectivity index (χ3n) is 2.63. The highest BCUT2D eigenvalue weighted by Gasteiger charge is 2.10. The van der Waals surface area contributed by atoms with E-state index in [1.165, 1.54) is 18.2 Å². The number of aromatic amines is 1. The number of pyridine rings is 1. The lowest BCUT2D eigenvalue weighted by atomic mass is 10.2. The Morgan fingerprint density at radius 1 is 1.30 bits per heavy atom. The van der Waals surface area contributed by atoms with Gasteiger partial charge in [-0.15, -0.1) is 0 Å². The van der Waals surface area contributed by atoms with Crippen LogP contribution in [0.25, 0.3) is 0 Å². The van der Waals surface area contributed by atoms with Gasteiger partial charge < -0.3 is 15.4 Å². The van der Waals surface area contributed by atoms with Gasteiger partial charge in [-0.2, -0.15) is 0 Å². The Balaban J connectivity index is 1.82. The predicted molar refractivity (Wildman–Crippen MR) is 70.4 cm³/mol. The molecule has 0 saturated heterocycles. The van der Waals surface area contributed by atoms with Gasteiger partial charge in [0.1, 0.15) is 17.2 Å². The van der Waals surface area contributed by atoms with Gasteiger partial charge in [-0.3, -0.25) is 4.79 Å². The number of H-pyrrole nitrogens is 1. The molecule has 2 aromatic rings. The average Bonchev–Trinajstić information content (AvgIpc) is 2.96. The highest BCUT2D eigenvalue weighted by molar-refractivity contribution is 5.94. The van der Waals surface area contributed by atoms with Gasteiger partial charge in [-0.1, -0.05) is 6.07 Å². The van der Waals surface area contributed by atoms with E-state index in [2.05, 4.69) is 20.3 Å². The number of rotatable bonds is 6. The minimum Gasteiger partial charge on any atom is -0.477 e. The van der Waals surface area contributed by atoms with Crippen molar-refractivity contribution in [3.05, 3.63) is 47.8 Å². The van der Waals surface area contributed by atoms with Crippen LogP contribution in [0.4, 0.5) is 0 Å². The Hall–Kier alpha value is -2.70. The van der Waals surface area contributed by atoms with Gasteiger partial charge in [0, 0.05) is 25.4 Å². The maximum atomic E-state index is 11.8. The van der Waals surface area contributed by atoms with Crippen LogP contribution in [0.5, 0.6) is 0 Å². The molecule has 0 aliphatic heterocycles. The van der Waals surface area contributed by atoms with E-state index in [0.717, 1.165) is 18.7 Å². The van der Waals surface area contributed by atoms with Crippen LogP contribution in [0.1, 0.15) is 33.2 Å². The molecule has 2 heterocycles. The van der Waals surface area contributed by atoms with Crippen LogP contribution in [0, 0.1) is 0 Å². The summed E-state index contributed by atoms with van der Waals surface area (Å²) in [6.45, 7) is 0.471. The van der Waals surface area contributed by atoms with Gasteiger partial charge in [-0.25, -0.2) is 14.8 Å². The summed E-state index contributed by atoms with van der Waals surface area (Å²) < 4.78 is 0. The molecule has 2 rings (SSSR count). The number of hydrogen-bond acceptors (Lipinski definition) is 4. The maximum Gasteiger partial charge on any atom is 0.354 e. The van der Waals surface area contributed by atoms with Crippen LogP contribution >= 0.6 is 0 Å². The quantitative estimate of drug-likeness (QED) is 0.677. The van der Waals surface area contributed by atoms with Gasteiger partial charge in [0.25, 0.3) is 5.91 Å². The van der Waals surface area contributed by atoms with Crippen molar-refractivity contribution in [2.75, 3.05) is 6.54 Å². The van der Waals surface area contributed by atoms with Crippen LogP contribution in [0.2, 0.25) is 0 Å². The third kappa shape index (κ3) is 3.64. The second-order valence-corrected chi connectivity index (χ2v) is 4.11. The second kappa shape index (κ2) is 6.46. The fraction of sp³-hybridized carbons (Fsp3) is 0.231. The zero-order valence-electron chi connectivity index (χ0n) is 10.7. The minimum absolute atomic E-state index is 0.0999. The number of carboxylic acids is 1. The van der Waals surface area contributed by atoms with E-state index in [4.69, 9.17) is 5.11 Å². The molecule has 0 radical (unpaired) electrons. The summed E-state index contributed by atoms with van der Waals surface area (Å²) in [5, 5.41) is 11.5. The smallest absolute Gasteiger partial charge is 0.354 e. The summed E-state index contributed by atoms with van der Waals surface area (Å²) in [6.07, 6.45) is 4.89. The Morgan fingerprint density at radius 2 is 2.10 bits per heavy atom. The zero-order chi connectivity index (χ0) is 14.4. The number of aromatic carboxylic acids is 1. The van der Waals surface area contributed by atoms with Crippen molar-refractivity contribution in [3.8, 4) is 0 Å². The number of aromatic nitrogens is 3. The fourth-order valence-electron chi connectivity index (χ4n) is 1.66. The molecule has 1 amide bonds. The molecule has 0 aliphatic rings. The SMILES string of the molecule is O=C(O)c1cccc(C(=O)NCCCc2ncc[nH]2)n1. The third-order valence-corrected chi connectivity index (χ3v) is 2.63. The first-order valence-corrected chi connectivity index (χ1v) is 6.13. The van der Waals surface area contributed by atoms with E-state index >= 15 is 0 Å². The Morgan fingerprint density at radius 3 is 2.80 bits per heavy atom. The number of hydrogen-bond donors (Lipinski definition) is 3.